The maximum atomic E-state index is 11.6. The molecule has 0 bridgehead atoms. The highest BCUT2D eigenvalue weighted by Crippen LogP contribution is 2.59. The molecule has 6 atom stereocenters. The van der Waals surface area contributed by atoms with Crippen molar-refractivity contribution in [1.82, 2.24) is 0 Å². The lowest BCUT2D eigenvalue weighted by atomic mass is 9.68. The lowest BCUT2D eigenvalue weighted by Gasteiger charge is -2.42. The van der Waals surface area contributed by atoms with E-state index in [2.05, 4.69) is 26.8 Å². The fraction of sp³-hybridized carbons (Fsp3) is 0.882. The summed E-state index contributed by atoms with van der Waals surface area (Å²) in [6.45, 7) is 6.90. The quantitative estimate of drug-likeness (QED) is 0.410. The van der Waals surface area contributed by atoms with Crippen molar-refractivity contribution >= 4 is 10.1 Å². The average Bonchev–Trinajstić information content (AvgIpc) is 3.36. The Balaban J connectivity index is 1.82. The normalized spacial score (nSPS) is 44.4. The monoisotopic (exact) mass is 360 g/mol. The van der Waals surface area contributed by atoms with Crippen LogP contribution in [0.25, 0.3) is 0 Å². The van der Waals surface area contributed by atoms with Gasteiger partial charge >= 0.3 is 0 Å². The van der Waals surface area contributed by atoms with Gasteiger partial charge in [-0.2, -0.15) is 8.42 Å². The number of ether oxygens (including phenoxy) is 3. The fourth-order valence-electron chi connectivity index (χ4n) is 4.27. The van der Waals surface area contributed by atoms with Crippen molar-refractivity contribution in [3.05, 3.63) is 11.6 Å². The van der Waals surface area contributed by atoms with E-state index < -0.39 is 16.2 Å². The lowest BCUT2D eigenvalue weighted by Crippen LogP contribution is -2.55. The van der Waals surface area contributed by atoms with E-state index in [9.17, 15) is 8.42 Å². The van der Waals surface area contributed by atoms with Gasteiger partial charge in [-0.3, -0.25) is 4.18 Å². The number of hydrogen-bond acceptors (Lipinski definition) is 6. The molecule has 0 aromatic rings. The Morgan fingerprint density at radius 1 is 1.38 bits per heavy atom. The van der Waals surface area contributed by atoms with Crippen LogP contribution in [0.1, 0.15) is 40.0 Å². The average molecular weight is 360 g/mol. The predicted molar refractivity (Wildman–Crippen MR) is 89.2 cm³/mol. The molecule has 2 heterocycles. The highest BCUT2D eigenvalue weighted by molar-refractivity contribution is 7.86. The minimum atomic E-state index is -3.54. The van der Waals surface area contributed by atoms with Crippen LogP contribution in [0.15, 0.2) is 11.6 Å². The van der Waals surface area contributed by atoms with E-state index >= 15 is 0 Å². The Kier molecular flexibility index (Phi) is 4.62. The standard InChI is InChI=1S/C17H28O6S/c1-11(2)6-7-13-16(3,22-13)15-14(20-4)12(23-24(5,18)19)8-9-17(15)10-21-17/h6,12-15H,7-10H2,1-5H3/t12-,13-,14-,15-,16+,17+/m1/s1. The minimum Gasteiger partial charge on any atom is -0.378 e. The van der Waals surface area contributed by atoms with Crippen LogP contribution in [-0.2, 0) is 28.5 Å². The number of methoxy groups -OCH3 is 1. The molecule has 138 valence electrons. The smallest absolute Gasteiger partial charge is 0.264 e. The maximum absolute atomic E-state index is 11.6. The highest BCUT2D eigenvalue weighted by Gasteiger charge is 2.72. The zero-order chi connectivity index (χ0) is 17.8. The Hall–Kier alpha value is -0.470. The van der Waals surface area contributed by atoms with Gasteiger partial charge in [-0.25, -0.2) is 0 Å². The van der Waals surface area contributed by atoms with Crippen LogP contribution >= 0.6 is 0 Å². The number of epoxide rings is 2. The summed E-state index contributed by atoms with van der Waals surface area (Å²) in [6.07, 6.45) is 4.73. The van der Waals surface area contributed by atoms with E-state index in [1.165, 1.54) is 5.57 Å². The summed E-state index contributed by atoms with van der Waals surface area (Å²) in [6, 6.07) is 0. The summed E-state index contributed by atoms with van der Waals surface area (Å²) in [7, 11) is -1.93. The molecule has 0 unspecified atom stereocenters. The first-order valence-corrected chi connectivity index (χ1v) is 10.3. The van der Waals surface area contributed by atoms with Crippen LogP contribution in [0.4, 0.5) is 0 Å². The molecule has 1 aliphatic carbocycles. The molecule has 1 spiro atoms. The first kappa shape index (κ1) is 18.3. The molecule has 3 aliphatic rings. The third-order valence-electron chi connectivity index (χ3n) is 5.54. The second-order valence-electron chi connectivity index (χ2n) is 7.72. The predicted octanol–water partition coefficient (Wildman–Crippen LogP) is 2.04. The number of rotatable bonds is 6. The van der Waals surface area contributed by atoms with Gasteiger partial charge in [0.05, 0.1) is 36.6 Å². The van der Waals surface area contributed by atoms with Gasteiger partial charge in [0.25, 0.3) is 10.1 Å². The van der Waals surface area contributed by atoms with Crippen LogP contribution < -0.4 is 0 Å². The van der Waals surface area contributed by atoms with Crippen molar-refractivity contribution in [1.29, 1.82) is 0 Å². The molecular weight excluding hydrogens is 332 g/mol. The summed E-state index contributed by atoms with van der Waals surface area (Å²) in [4.78, 5) is 0. The molecule has 3 fully saturated rings. The topological polar surface area (TPSA) is 77.7 Å². The first-order valence-electron chi connectivity index (χ1n) is 8.47. The number of allylic oxidation sites excluding steroid dienone is 1. The summed E-state index contributed by atoms with van der Waals surface area (Å²) >= 11 is 0. The molecule has 2 aliphatic heterocycles. The minimum absolute atomic E-state index is 0.0361. The lowest BCUT2D eigenvalue weighted by molar-refractivity contribution is -0.105. The second-order valence-corrected chi connectivity index (χ2v) is 9.32. The van der Waals surface area contributed by atoms with Gasteiger partial charge in [-0.05, 0) is 40.0 Å². The van der Waals surface area contributed by atoms with E-state index in [1.807, 2.05) is 0 Å². The van der Waals surface area contributed by atoms with Crippen molar-refractivity contribution in [2.75, 3.05) is 20.0 Å². The van der Waals surface area contributed by atoms with Crippen molar-refractivity contribution in [2.45, 2.75) is 69.5 Å². The van der Waals surface area contributed by atoms with Crippen LogP contribution in [0.2, 0.25) is 0 Å². The molecular formula is C17H28O6S. The summed E-state index contributed by atoms with van der Waals surface area (Å²) in [5, 5.41) is 0. The Bertz CT molecular complexity index is 619. The van der Waals surface area contributed by atoms with E-state index in [0.717, 1.165) is 19.1 Å². The maximum Gasteiger partial charge on any atom is 0.264 e. The molecule has 7 heteroatoms. The van der Waals surface area contributed by atoms with Crippen molar-refractivity contribution in [2.24, 2.45) is 5.92 Å². The molecule has 24 heavy (non-hydrogen) atoms. The first-order chi connectivity index (χ1) is 11.1. The van der Waals surface area contributed by atoms with E-state index in [0.29, 0.717) is 13.0 Å². The van der Waals surface area contributed by atoms with Crippen molar-refractivity contribution < 1.29 is 26.8 Å². The summed E-state index contributed by atoms with van der Waals surface area (Å²) in [5.74, 6) is -0.0361. The molecule has 1 saturated carbocycles. The Morgan fingerprint density at radius 2 is 2.04 bits per heavy atom. The Labute approximate surface area is 144 Å². The fourth-order valence-corrected chi connectivity index (χ4v) is 4.93. The molecule has 3 rings (SSSR count). The molecule has 0 N–H and O–H groups in total. The van der Waals surface area contributed by atoms with Gasteiger partial charge < -0.3 is 14.2 Å². The zero-order valence-corrected chi connectivity index (χ0v) is 15.9. The largest absolute Gasteiger partial charge is 0.378 e. The van der Waals surface area contributed by atoms with Gasteiger partial charge in [0.1, 0.15) is 11.7 Å². The third kappa shape index (κ3) is 3.42. The van der Waals surface area contributed by atoms with Crippen LogP contribution in [0, 0.1) is 5.92 Å². The van der Waals surface area contributed by atoms with E-state index in [-0.39, 0.29) is 29.3 Å². The summed E-state index contributed by atoms with van der Waals surface area (Å²) in [5.41, 5.74) is 0.630. The van der Waals surface area contributed by atoms with Gasteiger partial charge in [-0.1, -0.05) is 11.6 Å². The van der Waals surface area contributed by atoms with Gasteiger partial charge in [0.2, 0.25) is 0 Å². The van der Waals surface area contributed by atoms with Gasteiger partial charge in [0.15, 0.2) is 0 Å². The van der Waals surface area contributed by atoms with Crippen LogP contribution in [0.3, 0.4) is 0 Å². The molecule has 6 nitrogen and oxygen atoms in total. The van der Waals surface area contributed by atoms with Crippen molar-refractivity contribution in [3.8, 4) is 0 Å². The van der Waals surface area contributed by atoms with E-state index in [1.54, 1.807) is 7.11 Å². The van der Waals surface area contributed by atoms with Gasteiger partial charge in [0, 0.05) is 7.11 Å². The van der Waals surface area contributed by atoms with Gasteiger partial charge in [-0.15, -0.1) is 0 Å². The Morgan fingerprint density at radius 3 is 2.54 bits per heavy atom. The molecule has 2 saturated heterocycles. The van der Waals surface area contributed by atoms with E-state index in [4.69, 9.17) is 18.4 Å². The van der Waals surface area contributed by atoms with Crippen molar-refractivity contribution in [3.63, 3.8) is 0 Å². The summed E-state index contributed by atoms with van der Waals surface area (Å²) < 4.78 is 46.1. The molecule has 0 aromatic carbocycles. The third-order valence-corrected chi connectivity index (χ3v) is 6.13. The molecule has 0 amide bonds. The number of hydrogen-bond donors (Lipinski definition) is 0. The highest BCUT2D eigenvalue weighted by atomic mass is 32.2. The second kappa shape index (κ2) is 6.06. The molecule has 0 radical (unpaired) electrons. The van der Waals surface area contributed by atoms with Crippen LogP contribution in [-0.4, -0.2) is 57.9 Å². The SMILES string of the molecule is CO[C@@H]1[C@H](OS(C)(=O)=O)CC[C@]2(CO2)[C@H]1[C@@]1(C)O[C@@H]1CC=C(C)C. The molecule has 0 aromatic heterocycles. The zero-order valence-electron chi connectivity index (χ0n) is 15.1. The van der Waals surface area contributed by atoms with Crippen LogP contribution in [0.5, 0.6) is 0 Å².